The van der Waals surface area contributed by atoms with Crippen LogP contribution in [0.2, 0.25) is 0 Å². The van der Waals surface area contributed by atoms with Gasteiger partial charge in [0.1, 0.15) is 5.82 Å². The van der Waals surface area contributed by atoms with Gasteiger partial charge in [-0.2, -0.15) is 0 Å². The number of hydrogen-bond donors (Lipinski definition) is 0. The van der Waals surface area contributed by atoms with Gasteiger partial charge in [0, 0.05) is 11.4 Å². The van der Waals surface area contributed by atoms with Gasteiger partial charge < -0.3 is 0 Å². The van der Waals surface area contributed by atoms with Gasteiger partial charge in [-0.1, -0.05) is 71.4 Å². The maximum Gasteiger partial charge on any atom is 0.196 e. The Morgan fingerprint density at radius 1 is 0.821 bits per heavy atom. The molecule has 0 bridgehead atoms. The van der Waals surface area contributed by atoms with Crippen molar-refractivity contribution in [3.8, 4) is 17.1 Å². The topological polar surface area (TPSA) is 30.7 Å². The minimum atomic E-state index is -0.307. The molecule has 0 amide bonds. The normalized spacial score (nSPS) is 11.0. The molecule has 28 heavy (non-hydrogen) atoms. The summed E-state index contributed by atoms with van der Waals surface area (Å²) >= 11 is 1.59. The van der Waals surface area contributed by atoms with Gasteiger partial charge in [-0.3, -0.25) is 4.57 Å². The monoisotopic (exact) mass is 389 g/mol. The van der Waals surface area contributed by atoms with Crippen molar-refractivity contribution in [1.82, 2.24) is 14.8 Å². The number of benzene rings is 3. The highest BCUT2D eigenvalue weighted by Crippen LogP contribution is 2.31. The van der Waals surface area contributed by atoms with Crippen molar-refractivity contribution in [3.63, 3.8) is 0 Å². The van der Waals surface area contributed by atoms with E-state index in [1.54, 1.807) is 23.9 Å². The third kappa shape index (κ3) is 3.85. The highest BCUT2D eigenvalue weighted by atomic mass is 32.2. The Balaban J connectivity index is 1.74. The van der Waals surface area contributed by atoms with Gasteiger partial charge in [-0.15, -0.1) is 10.2 Å². The van der Waals surface area contributed by atoms with E-state index in [9.17, 15) is 4.39 Å². The van der Waals surface area contributed by atoms with Crippen LogP contribution in [0.15, 0.2) is 78.0 Å². The first-order valence-corrected chi connectivity index (χ1v) is 10.1. The molecule has 4 rings (SSSR count). The second-order valence-electron chi connectivity index (χ2n) is 6.73. The third-order valence-corrected chi connectivity index (χ3v) is 5.53. The van der Waals surface area contributed by atoms with Crippen molar-refractivity contribution >= 4 is 11.8 Å². The van der Waals surface area contributed by atoms with Crippen LogP contribution < -0.4 is 0 Å². The van der Waals surface area contributed by atoms with Gasteiger partial charge in [0.2, 0.25) is 0 Å². The number of hydrogen-bond acceptors (Lipinski definition) is 3. The lowest BCUT2D eigenvalue weighted by Gasteiger charge is -2.11. The Hall–Kier alpha value is -2.92. The lowest BCUT2D eigenvalue weighted by atomic mass is 10.2. The fourth-order valence-electron chi connectivity index (χ4n) is 2.94. The zero-order valence-corrected chi connectivity index (χ0v) is 16.6. The number of aromatic nitrogens is 3. The molecule has 0 aliphatic carbocycles. The van der Waals surface area contributed by atoms with Crippen molar-refractivity contribution in [3.05, 3.63) is 95.3 Å². The van der Waals surface area contributed by atoms with E-state index in [2.05, 4.69) is 41.4 Å². The Morgan fingerprint density at radius 3 is 2.14 bits per heavy atom. The van der Waals surface area contributed by atoms with Gasteiger partial charge >= 0.3 is 0 Å². The van der Waals surface area contributed by atoms with Crippen molar-refractivity contribution in [2.75, 3.05) is 0 Å². The largest absolute Gasteiger partial charge is 0.270 e. The summed E-state index contributed by atoms with van der Waals surface area (Å²) in [6.07, 6.45) is 0. The fraction of sp³-hybridized carbons (Fsp3) is 0.130. The molecule has 0 aliphatic heterocycles. The van der Waals surface area contributed by atoms with Crippen LogP contribution in [-0.4, -0.2) is 14.8 Å². The molecular weight excluding hydrogens is 369 g/mol. The summed E-state index contributed by atoms with van der Waals surface area (Å²) in [5, 5.41) is 9.44. The first-order valence-electron chi connectivity index (χ1n) is 9.07. The van der Waals surface area contributed by atoms with Gasteiger partial charge in [0.15, 0.2) is 11.0 Å². The predicted molar refractivity (Wildman–Crippen MR) is 112 cm³/mol. The molecule has 5 heteroatoms. The van der Waals surface area contributed by atoms with E-state index < -0.39 is 0 Å². The molecular formula is C23H20FN3S. The average molecular weight is 389 g/mol. The highest BCUT2D eigenvalue weighted by molar-refractivity contribution is 7.98. The Morgan fingerprint density at radius 2 is 1.46 bits per heavy atom. The van der Waals surface area contributed by atoms with E-state index in [0.29, 0.717) is 11.4 Å². The number of aryl methyl sites for hydroxylation is 2. The van der Waals surface area contributed by atoms with E-state index in [1.165, 1.54) is 17.2 Å². The van der Waals surface area contributed by atoms with Crippen LogP contribution in [0.3, 0.4) is 0 Å². The molecule has 3 aromatic carbocycles. The molecule has 0 unspecified atom stereocenters. The maximum absolute atomic E-state index is 14.4. The smallest absolute Gasteiger partial charge is 0.196 e. The second-order valence-corrected chi connectivity index (χ2v) is 7.67. The third-order valence-electron chi connectivity index (χ3n) is 4.53. The molecule has 0 spiro atoms. The van der Waals surface area contributed by atoms with Crippen molar-refractivity contribution in [2.24, 2.45) is 0 Å². The Kier molecular flexibility index (Phi) is 5.26. The molecule has 0 atom stereocenters. The minimum Gasteiger partial charge on any atom is -0.270 e. The van der Waals surface area contributed by atoms with Crippen LogP contribution in [0.1, 0.15) is 16.7 Å². The summed E-state index contributed by atoms with van der Waals surface area (Å²) in [5.41, 5.74) is 4.97. The van der Waals surface area contributed by atoms with Crippen molar-refractivity contribution in [1.29, 1.82) is 0 Å². The lowest BCUT2D eigenvalue weighted by Crippen LogP contribution is -2.01. The van der Waals surface area contributed by atoms with Crippen molar-refractivity contribution in [2.45, 2.75) is 24.8 Å². The Bertz CT molecular complexity index is 1090. The van der Waals surface area contributed by atoms with E-state index in [0.717, 1.165) is 22.2 Å². The number of rotatable bonds is 5. The predicted octanol–water partition coefficient (Wildman–Crippen LogP) is 5.98. The van der Waals surface area contributed by atoms with Crippen LogP contribution in [-0.2, 0) is 5.75 Å². The zero-order valence-electron chi connectivity index (χ0n) is 15.8. The average Bonchev–Trinajstić information content (AvgIpc) is 3.12. The molecule has 4 aromatic rings. The second kappa shape index (κ2) is 7.98. The molecule has 1 aromatic heterocycles. The molecule has 1 heterocycles. The first kappa shape index (κ1) is 18.4. The number of halogens is 1. The Labute approximate surface area is 168 Å². The fourth-order valence-corrected chi connectivity index (χ4v) is 3.85. The van der Waals surface area contributed by atoms with Crippen LogP contribution in [0.5, 0.6) is 0 Å². The van der Waals surface area contributed by atoms with Gasteiger partial charge in [-0.25, -0.2) is 4.39 Å². The molecule has 0 aliphatic rings. The summed E-state index contributed by atoms with van der Waals surface area (Å²) in [6, 6.07) is 23.2. The summed E-state index contributed by atoms with van der Waals surface area (Å²) in [7, 11) is 0. The molecule has 140 valence electrons. The van der Waals surface area contributed by atoms with E-state index >= 15 is 0 Å². The standard InChI is InChI=1S/C23H20FN3S/c1-16-7-11-18(12-8-16)15-28-23-26-25-22(20-5-3-4-6-21(20)24)27(23)19-13-9-17(2)10-14-19/h3-14H,15H2,1-2H3. The first-order chi connectivity index (χ1) is 13.6. The summed E-state index contributed by atoms with van der Waals surface area (Å²) < 4.78 is 16.4. The summed E-state index contributed by atoms with van der Waals surface area (Å²) in [6.45, 7) is 4.12. The number of thioether (sulfide) groups is 1. The van der Waals surface area contributed by atoms with Gasteiger partial charge in [0.25, 0.3) is 0 Å². The molecule has 0 fully saturated rings. The SMILES string of the molecule is Cc1ccc(CSc2nnc(-c3ccccc3F)n2-c2ccc(C)cc2)cc1. The van der Waals surface area contributed by atoms with E-state index in [-0.39, 0.29) is 5.82 Å². The number of nitrogens with zero attached hydrogens (tertiary/aromatic N) is 3. The highest BCUT2D eigenvalue weighted by Gasteiger charge is 2.18. The van der Waals surface area contributed by atoms with Crippen LogP contribution in [0.25, 0.3) is 17.1 Å². The molecule has 3 nitrogen and oxygen atoms in total. The lowest BCUT2D eigenvalue weighted by molar-refractivity contribution is 0.629. The van der Waals surface area contributed by atoms with Crippen LogP contribution in [0, 0.1) is 19.7 Å². The summed E-state index contributed by atoms with van der Waals surface area (Å²) in [5.74, 6) is 0.966. The van der Waals surface area contributed by atoms with Crippen LogP contribution >= 0.6 is 11.8 Å². The van der Waals surface area contributed by atoms with Crippen LogP contribution in [0.4, 0.5) is 4.39 Å². The van der Waals surface area contributed by atoms with Crippen molar-refractivity contribution < 1.29 is 4.39 Å². The van der Waals surface area contributed by atoms with E-state index in [1.807, 2.05) is 41.8 Å². The molecule has 0 radical (unpaired) electrons. The molecule has 0 N–H and O–H groups in total. The van der Waals surface area contributed by atoms with Gasteiger partial charge in [0.05, 0.1) is 5.56 Å². The maximum atomic E-state index is 14.4. The quantitative estimate of drug-likeness (QED) is 0.393. The summed E-state index contributed by atoms with van der Waals surface area (Å²) in [4.78, 5) is 0. The zero-order chi connectivity index (χ0) is 19.5. The van der Waals surface area contributed by atoms with Gasteiger partial charge in [-0.05, 0) is 43.7 Å². The minimum absolute atomic E-state index is 0.307. The molecule has 0 saturated heterocycles. The van der Waals surface area contributed by atoms with E-state index in [4.69, 9.17) is 0 Å². The molecule has 0 saturated carbocycles.